The molecule has 0 aromatic rings. The van der Waals surface area contributed by atoms with Gasteiger partial charge in [-0.15, -0.1) is 0 Å². The topological polar surface area (TPSA) is 26.0 Å². The summed E-state index contributed by atoms with van der Waals surface area (Å²) in [6, 6.07) is 2.36. The van der Waals surface area contributed by atoms with Gasteiger partial charge < -0.3 is 5.73 Å². The fourth-order valence-electron chi connectivity index (χ4n) is 0.512. The van der Waals surface area contributed by atoms with Gasteiger partial charge in [0, 0.05) is 12.5 Å². The summed E-state index contributed by atoms with van der Waals surface area (Å²) in [5, 5.41) is 0. The summed E-state index contributed by atoms with van der Waals surface area (Å²) < 4.78 is 0. The summed E-state index contributed by atoms with van der Waals surface area (Å²) in [6.45, 7) is 2.12. The molecule has 0 aliphatic rings. The zero-order valence-electron chi connectivity index (χ0n) is 5.85. The molecule has 0 aliphatic heterocycles. The summed E-state index contributed by atoms with van der Waals surface area (Å²) >= 11 is 0. The van der Waals surface area contributed by atoms with Crippen LogP contribution in [-0.4, -0.2) is 0 Å². The molecular weight excluding hydrogens is 110 g/mol. The highest BCUT2D eigenvalue weighted by molar-refractivity contribution is 4.96. The molecule has 0 fully saturated rings. The normalized spacial score (nSPS) is 9.00. The summed E-state index contributed by atoms with van der Waals surface area (Å²) in [4.78, 5) is 0. The molecule has 0 heterocycles. The van der Waals surface area contributed by atoms with Crippen molar-refractivity contribution in [1.82, 2.24) is 0 Å². The molecule has 9 heavy (non-hydrogen) atoms. The van der Waals surface area contributed by atoms with E-state index in [-0.39, 0.29) is 0 Å². The molecule has 0 amide bonds. The molecule has 0 aromatic heterocycles. The number of hydrogen-bond acceptors (Lipinski definition) is 1. The van der Waals surface area contributed by atoms with Crippen LogP contribution in [0, 0.1) is 12.0 Å². The van der Waals surface area contributed by atoms with E-state index in [0.29, 0.717) is 0 Å². The van der Waals surface area contributed by atoms with Gasteiger partial charge in [0.15, 0.2) is 0 Å². The van der Waals surface area contributed by atoms with E-state index in [4.69, 9.17) is 5.73 Å². The molecule has 2 N–H and O–H groups in total. The summed E-state index contributed by atoms with van der Waals surface area (Å²) in [6.07, 6.45) is 7.28. The lowest BCUT2D eigenvalue weighted by Gasteiger charge is -1.80. The van der Waals surface area contributed by atoms with Crippen molar-refractivity contribution in [2.24, 2.45) is 5.73 Å². The average molecular weight is 123 g/mol. The molecule has 0 aromatic carbocycles. The molecule has 0 saturated heterocycles. The van der Waals surface area contributed by atoms with Gasteiger partial charge >= 0.3 is 0 Å². The fourth-order valence-corrected chi connectivity index (χ4v) is 0.512. The molecule has 0 radical (unpaired) electrons. The third kappa shape index (κ3) is 7.10. The van der Waals surface area contributed by atoms with E-state index in [9.17, 15) is 0 Å². The first-order valence-electron chi connectivity index (χ1n) is 3.25. The van der Waals surface area contributed by atoms with Crippen LogP contribution in [-0.2, 0) is 0 Å². The maximum Gasteiger partial charge on any atom is 0.0141 e. The van der Waals surface area contributed by atoms with Gasteiger partial charge in [0.2, 0.25) is 0 Å². The Kier molecular flexibility index (Phi) is 6.39. The van der Waals surface area contributed by atoms with E-state index in [1.807, 2.05) is 0 Å². The number of unbranched alkanes of at least 4 members (excludes halogenated alkanes) is 1. The first-order chi connectivity index (χ1) is 4.41. The van der Waals surface area contributed by atoms with Gasteiger partial charge in [0.25, 0.3) is 0 Å². The minimum atomic E-state index is 0.882. The van der Waals surface area contributed by atoms with Gasteiger partial charge in [-0.1, -0.05) is 25.0 Å². The molecule has 0 atom stereocenters. The Morgan fingerprint density at radius 3 is 2.78 bits per heavy atom. The van der Waals surface area contributed by atoms with E-state index in [1.165, 1.54) is 0 Å². The van der Waals surface area contributed by atoms with Gasteiger partial charge in [-0.3, -0.25) is 0 Å². The van der Waals surface area contributed by atoms with E-state index in [1.54, 1.807) is 0 Å². The Morgan fingerprint density at radius 1 is 1.44 bits per heavy atom. The zero-order valence-corrected chi connectivity index (χ0v) is 5.85. The maximum atomic E-state index is 4.96. The Morgan fingerprint density at radius 2 is 2.22 bits per heavy atom. The largest absolute Gasteiger partial charge is 0.359 e. The van der Waals surface area contributed by atoms with Crippen molar-refractivity contribution < 1.29 is 0 Å². The molecule has 0 spiro atoms. The van der Waals surface area contributed by atoms with Crippen LogP contribution in [0.25, 0.3) is 0 Å². The van der Waals surface area contributed by atoms with Crippen LogP contribution < -0.4 is 5.73 Å². The number of nitrogens with two attached hydrogens (primary N) is 1. The molecule has 50 valence electrons. The molecule has 0 rings (SSSR count). The summed E-state index contributed by atoms with van der Waals surface area (Å²) in [5.74, 6) is 2.78. The quantitative estimate of drug-likeness (QED) is 0.262. The molecule has 1 nitrogen and oxygen atoms in total. The van der Waals surface area contributed by atoms with Crippen molar-refractivity contribution in [2.45, 2.75) is 26.2 Å². The van der Waals surface area contributed by atoms with E-state index in [2.05, 4.69) is 31.0 Å². The standard InChI is InChI=1S/C8H13N/c1-2-3-4-5-6-7-8-9/h3-4H,2,5-6,9H2,1H3/b4-3-. The Balaban J connectivity index is 3.06. The highest BCUT2D eigenvalue weighted by atomic mass is 14.4. The Bertz CT molecular complexity index is 125. The SMILES string of the molecule is CC/C=C\CCC#CN. The lowest BCUT2D eigenvalue weighted by atomic mass is 10.3. The minimum Gasteiger partial charge on any atom is -0.359 e. The van der Waals surface area contributed by atoms with Gasteiger partial charge in [-0.05, 0) is 12.8 Å². The van der Waals surface area contributed by atoms with Crippen LogP contribution in [0.2, 0.25) is 0 Å². The van der Waals surface area contributed by atoms with Crippen molar-refractivity contribution in [3.8, 4) is 12.0 Å². The average Bonchev–Trinajstić information content (AvgIpc) is 1.89. The number of rotatable bonds is 3. The van der Waals surface area contributed by atoms with Crippen molar-refractivity contribution in [2.75, 3.05) is 0 Å². The molecule has 0 aliphatic carbocycles. The highest BCUT2D eigenvalue weighted by Gasteiger charge is 1.72. The van der Waals surface area contributed by atoms with Gasteiger partial charge in [0.1, 0.15) is 0 Å². The molecule has 1 heteroatoms. The third-order valence-electron chi connectivity index (χ3n) is 0.940. The van der Waals surface area contributed by atoms with Crippen LogP contribution in [0.5, 0.6) is 0 Å². The van der Waals surface area contributed by atoms with Crippen molar-refractivity contribution in [1.29, 1.82) is 0 Å². The van der Waals surface area contributed by atoms with Gasteiger partial charge in [-0.25, -0.2) is 0 Å². The van der Waals surface area contributed by atoms with Crippen LogP contribution in [0.4, 0.5) is 0 Å². The zero-order chi connectivity index (χ0) is 6.95. The second kappa shape index (κ2) is 7.10. The second-order valence-corrected chi connectivity index (χ2v) is 1.74. The fraction of sp³-hybridized carbons (Fsp3) is 0.500. The van der Waals surface area contributed by atoms with Crippen LogP contribution in [0.3, 0.4) is 0 Å². The molecule has 0 saturated carbocycles. The summed E-state index contributed by atoms with van der Waals surface area (Å²) in [7, 11) is 0. The van der Waals surface area contributed by atoms with Crippen LogP contribution >= 0.6 is 0 Å². The third-order valence-corrected chi connectivity index (χ3v) is 0.940. The van der Waals surface area contributed by atoms with Gasteiger partial charge in [-0.2, -0.15) is 0 Å². The first-order valence-corrected chi connectivity index (χ1v) is 3.25. The van der Waals surface area contributed by atoms with Crippen LogP contribution in [0.1, 0.15) is 26.2 Å². The Hall–Kier alpha value is -0.900. The van der Waals surface area contributed by atoms with Crippen molar-refractivity contribution in [3.63, 3.8) is 0 Å². The van der Waals surface area contributed by atoms with Crippen LogP contribution in [0.15, 0.2) is 12.2 Å². The lowest BCUT2D eigenvalue weighted by molar-refractivity contribution is 1.06. The lowest BCUT2D eigenvalue weighted by Crippen LogP contribution is -1.75. The van der Waals surface area contributed by atoms with Crippen molar-refractivity contribution >= 4 is 0 Å². The minimum absolute atomic E-state index is 0.882. The monoisotopic (exact) mass is 123 g/mol. The smallest absolute Gasteiger partial charge is 0.0141 e. The molecule has 0 bridgehead atoms. The molecular formula is C8H13N. The van der Waals surface area contributed by atoms with E-state index >= 15 is 0 Å². The molecule has 0 unspecified atom stereocenters. The van der Waals surface area contributed by atoms with Gasteiger partial charge in [0.05, 0.1) is 0 Å². The van der Waals surface area contributed by atoms with E-state index < -0.39 is 0 Å². The first kappa shape index (κ1) is 8.10. The predicted molar refractivity (Wildman–Crippen MR) is 40.6 cm³/mol. The Labute approximate surface area is 56.9 Å². The predicted octanol–water partition coefficient (Wildman–Crippen LogP) is 1.65. The maximum absolute atomic E-state index is 4.96. The summed E-state index contributed by atoms with van der Waals surface area (Å²) in [5.41, 5.74) is 4.96. The van der Waals surface area contributed by atoms with E-state index in [0.717, 1.165) is 19.3 Å². The second-order valence-electron chi connectivity index (χ2n) is 1.74. The highest BCUT2D eigenvalue weighted by Crippen LogP contribution is 1.89. The number of hydrogen-bond donors (Lipinski definition) is 1. The number of allylic oxidation sites excluding steroid dienone is 2. The van der Waals surface area contributed by atoms with Crippen molar-refractivity contribution in [3.05, 3.63) is 12.2 Å².